The Kier molecular flexibility index (Phi) is 4.01. The number of aryl methyl sites for hydroxylation is 1. The van der Waals surface area contributed by atoms with Gasteiger partial charge in [0, 0.05) is 6.54 Å². The number of aliphatic hydroxyl groups excluding tert-OH is 1. The maximum Gasteiger partial charge on any atom is 0.256 e. The molecule has 0 bridgehead atoms. The average Bonchev–Trinajstić information content (AvgIpc) is 3.27. The van der Waals surface area contributed by atoms with Crippen molar-refractivity contribution in [3.05, 3.63) is 65.5 Å². The van der Waals surface area contributed by atoms with Gasteiger partial charge in [-0.3, -0.25) is 4.79 Å². The van der Waals surface area contributed by atoms with E-state index >= 15 is 0 Å². The molecule has 1 aromatic heterocycles. The van der Waals surface area contributed by atoms with Crippen LogP contribution in [0.25, 0.3) is 11.0 Å². The van der Waals surface area contributed by atoms with Crippen LogP contribution >= 0.6 is 0 Å². The van der Waals surface area contributed by atoms with Gasteiger partial charge in [0.15, 0.2) is 6.10 Å². The monoisotopic (exact) mass is 335 g/mol. The summed E-state index contributed by atoms with van der Waals surface area (Å²) in [4.78, 5) is 22.6. The number of imidazole rings is 1. The van der Waals surface area contributed by atoms with Crippen molar-refractivity contribution in [3.63, 3.8) is 0 Å². The molecule has 5 heteroatoms. The van der Waals surface area contributed by atoms with E-state index in [0.29, 0.717) is 12.1 Å². The molecule has 0 saturated carbocycles. The van der Waals surface area contributed by atoms with Crippen LogP contribution in [0.5, 0.6) is 0 Å². The Morgan fingerprint density at radius 2 is 2.08 bits per heavy atom. The van der Waals surface area contributed by atoms with Crippen LogP contribution in [0.3, 0.4) is 0 Å². The largest absolute Gasteiger partial charge is 0.378 e. The first-order valence-corrected chi connectivity index (χ1v) is 8.63. The minimum atomic E-state index is -1.13. The molecule has 1 aliphatic heterocycles. The molecule has 4 rings (SSSR count). The fourth-order valence-corrected chi connectivity index (χ4v) is 3.55. The van der Waals surface area contributed by atoms with Crippen LogP contribution in [-0.2, 0) is 4.79 Å². The number of aromatic amines is 1. The summed E-state index contributed by atoms with van der Waals surface area (Å²) in [6, 6.07) is 15.0. The number of rotatable bonds is 3. The number of nitrogens with one attached hydrogen (secondary N) is 1. The minimum absolute atomic E-state index is 0.112. The molecule has 2 atom stereocenters. The zero-order valence-electron chi connectivity index (χ0n) is 14.1. The molecule has 2 N–H and O–H groups in total. The summed E-state index contributed by atoms with van der Waals surface area (Å²) in [6.07, 6.45) is 0.633. The summed E-state index contributed by atoms with van der Waals surface area (Å²) in [7, 11) is 0. The lowest BCUT2D eigenvalue weighted by Crippen LogP contribution is -2.35. The molecular formula is C20H21N3O2. The molecule has 0 aliphatic carbocycles. The summed E-state index contributed by atoms with van der Waals surface area (Å²) in [6.45, 7) is 2.69. The lowest BCUT2D eigenvalue weighted by Gasteiger charge is -2.25. The first-order valence-electron chi connectivity index (χ1n) is 8.63. The maximum absolute atomic E-state index is 12.8. The zero-order valence-corrected chi connectivity index (χ0v) is 14.1. The number of benzene rings is 2. The van der Waals surface area contributed by atoms with Gasteiger partial charge >= 0.3 is 0 Å². The third-order valence-electron chi connectivity index (χ3n) is 4.86. The fraction of sp³-hybridized carbons (Fsp3) is 0.300. The van der Waals surface area contributed by atoms with E-state index in [9.17, 15) is 9.90 Å². The molecule has 2 unspecified atom stereocenters. The maximum atomic E-state index is 12.8. The molecule has 128 valence electrons. The van der Waals surface area contributed by atoms with E-state index in [1.807, 2.05) is 37.3 Å². The van der Waals surface area contributed by atoms with E-state index in [1.54, 1.807) is 17.0 Å². The standard InChI is InChI=1S/C20H21N3O2/c1-13-9-10-15-16(12-13)22-19(21-15)17-8-5-11-23(17)20(25)18(24)14-6-3-2-4-7-14/h2-4,6-7,9-10,12,17-18,24H,5,8,11H2,1H3,(H,21,22). The van der Waals surface area contributed by atoms with E-state index < -0.39 is 6.10 Å². The highest BCUT2D eigenvalue weighted by Gasteiger charge is 2.35. The third-order valence-corrected chi connectivity index (χ3v) is 4.86. The number of amides is 1. The van der Waals surface area contributed by atoms with Crippen molar-refractivity contribution in [1.82, 2.24) is 14.9 Å². The Labute approximate surface area is 146 Å². The molecule has 25 heavy (non-hydrogen) atoms. The highest BCUT2D eigenvalue weighted by molar-refractivity contribution is 5.83. The van der Waals surface area contributed by atoms with Crippen LogP contribution in [0.15, 0.2) is 48.5 Å². The van der Waals surface area contributed by atoms with Crippen LogP contribution in [0, 0.1) is 6.92 Å². The van der Waals surface area contributed by atoms with Crippen LogP contribution in [0.4, 0.5) is 0 Å². The Hall–Kier alpha value is -2.66. The van der Waals surface area contributed by atoms with Crippen molar-refractivity contribution in [2.45, 2.75) is 31.9 Å². The van der Waals surface area contributed by atoms with Crippen LogP contribution in [-0.4, -0.2) is 32.4 Å². The van der Waals surface area contributed by atoms with E-state index in [4.69, 9.17) is 0 Å². The molecule has 0 radical (unpaired) electrons. The quantitative estimate of drug-likeness (QED) is 0.772. The fourth-order valence-electron chi connectivity index (χ4n) is 3.55. The highest BCUT2D eigenvalue weighted by Crippen LogP contribution is 2.33. The van der Waals surface area contributed by atoms with Crippen molar-refractivity contribution < 1.29 is 9.90 Å². The second kappa shape index (κ2) is 6.33. The van der Waals surface area contributed by atoms with E-state index in [1.165, 1.54) is 5.56 Å². The van der Waals surface area contributed by atoms with Crippen LogP contribution in [0.2, 0.25) is 0 Å². The highest BCUT2D eigenvalue weighted by atomic mass is 16.3. The Morgan fingerprint density at radius 3 is 2.88 bits per heavy atom. The van der Waals surface area contributed by atoms with E-state index in [0.717, 1.165) is 29.7 Å². The van der Waals surface area contributed by atoms with E-state index in [-0.39, 0.29) is 11.9 Å². The van der Waals surface area contributed by atoms with Crippen LogP contribution in [0.1, 0.15) is 41.9 Å². The summed E-state index contributed by atoms with van der Waals surface area (Å²) in [5.74, 6) is 0.539. The van der Waals surface area contributed by atoms with Crippen molar-refractivity contribution >= 4 is 16.9 Å². The number of carbonyl (C=O) groups excluding carboxylic acids is 1. The molecule has 3 aromatic rings. The smallest absolute Gasteiger partial charge is 0.256 e. The molecule has 5 nitrogen and oxygen atoms in total. The Balaban J connectivity index is 1.62. The Bertz CT molecular complexity index is 904. The number of aliphatic hydroxyl groups is 1. The molecule has 2 aromatic carbocycles. The summed E-state index contributed by atoms with van der Waals surface area (Å²) in [5.41, 5.74) is 3.68. The summed E-state index contributed by atoms with van der Waals surface area (Å²) >= 11 is 0. The topological polar surface area (TPSA) is 69.2 Å². The van der Waals surface area contributed by atoms with Crippen molar-refractivity contribution in [2.75, 3.05) is 6.54 Å². The van der Waals surface area contributed by atoms with Crippen LogP contribution < -0.4 is 0 Å². The third kappa shape index (κ3) is 2.91. The number of hydrogen-bond donors (Lipinski definition) is 2. The number of carbonyl (C=O) groups is 1. The van der Waals surface area contributed by atoms with Gasteiger partial charge in [0.25, 0.3) is 5.91 Å². The first-order chi connectivity index (χ1) is 12.1. The number of nitrogens with zero attached hydrogens (tertiary/aromatic N) is 2. The van der Waals surface area contributed by atoms with Gasteiger partial charge in [0.05, 0.1) is 17.1 Å². The molecule has 1 fully saturated rings. The Morgan fingerprint density at radius 1 is 1.28 bits per heavy atom. The molecule has 0 spiro atoms. The zero-order chi connectivity index (χ0) is 17.4. The molecular weight excluding hydrogens is 314 g/mol. The van der Waals surface area contributed by atoms with Gasteiger partial charge in [-0.25, -0.2) is 4.98 Å². The van der Waals surface area contributed by atoms with Gasteiger partial charge in [-0.1, -0.05) is 36.4 Å². The minimum Gasteiger partial charge on any atom is -0.378 e. The second-order valence-electron chi connectivity index (χ2n) is 6.65. The van der Waals surface area contributed by atoms with E-state index in [2.05, 4.69) is 16.0 Å². The SMILES string of the molecule is Cc1ccc2nc(C3CCCN3C(=O)C(O)c3ccccc3)[nH]c2c1. The van der Waals surface area contributed by atoms with Gasteiger partial charge in [-0.2, -0.15) is 0 Å². The first kappa shape index (κ1) is 15.8. The number of hydrogen-bond acceptors (Lipinski definition) is 3. The number of aromatic nitrogens is 2. The van der Waals surface area contributed by atoms with Crippen molar-refractivity contribution in [2.24, 2.45) is 0 Å². The van der Waals surface area contributed by atoms with Gasteiger partial charge < -0.3 is 15.0 Å². The predicted octanol–water partition coefficient (Wildman–Crippen LogP) is 3.27. The normalized spacial score (nSPS) is 18.6. The van der Waals surface area contributed by atoms with Crippen molar-refractivity contribution in [3.8, 4) is 0 Å². The lowest BCUT2D eigenvalue weighted by atomic mass is 10.1. The molecule has 1 saturated heterocycles. The number of likely N-dealkylation sites (tertiary alicyclic amines) is 1. The van der Waals surface area contributed by atoms with Gasteiger partial charge in [0.1, 0.15) is 5.82 Å². The second-order valence-corrected chi connectivity index (χ2v) is 6.65. The lowest BCUT2D eigenvalue weighted by molar-refractivity contribution is -0.141. The average molecular weight is 335 g/mol. The molecule has 1 aliphatic rings. The molecule has 2 heterocycles. The number of H-pyrrole nitrogens is 1. The summed E-state index contributed by atoms with van der Waals surface area (Å²) < 4.78 is 0. The van der Waals surface area contributed by atoms with Crippen molar-refractivity contribution in [1.29, 1.82) is 0 Å². The predicted molar refractivity (Wildman–Crippen MR) is 95.9 cm³/mol. The molecule has 1 amide bonds. The van der Waals surface area contributed by atoms with Gasteiger partial charge in [0.2, 0.25) is 0 Å². The number of fused-ring (bicyclic) bond motifs is 1. The van der Waals surface area contributed by atoms with Gasteiger partial charge in [-0.05, 0) is 43.0 Å². The van der Waals surface area contributed by atoms with Gasteiger partial charge in [-0.15, -0.1) is 0 Å². The summed E-state index contributed by atoms with van der Waals surface area (Å²) in [5, 5.41) is 10.5.